The van der Waals surface area contributed by atoms with Crippen molar-refractivity contribution < 1.29 is 14.3 Å². The Morgan fingerprint density at radius 1 is 0.979 bits per heavy atom. The van der Waals surface area contributed by atoms with Crippen molar-refractivity contribution in [2.24, 2.45) is 5.92 Å². The summed E-state index contributed by atoms with van der Waals surface area (Å²) in [4.78, 5) is 21.3. The first-order valence-electron chi connectivity index (χ1n) is 17.1. The van der Waals surface area contributed by atoms with Crippen molar-refractivity contribution in [3.63, 3.8) is 0 Å². The van der Waals surface area contributed by atoms with Crippen molar-refractivity contribution in [3.05, 3.63) is 112 Å². The van der Waals surface area contributed by atoms with Crippen LogP contribution in [0.25, 0.3) is 10.9 Å². The number of para-hydroxylation sites is 1. The van der Waals surface area contributed by atoms with Gasteiger partial charge in [0, 0.05) is 16.6 Å². The Balaban J connectivity index is -0.000000753. The molecular weight excluding hydrogens is 614 g/mol. The lowest BCUT2D eigenvalue weighted by atomic mass is 9.96. The van der Waals surface area contributed by atoms with Crippen LogP contribution in [0.2, 0.25) is 0 Å². The van der Waals surface area contributed by atoms with Crippen molar-refractivity contribution in [2.75, 3.05) is 7.11 Å². The number of hydrogen-bond acceptors (Lipinski definition) is 4. The second-order valence-electron chi connectivity index (χ2n) is 11.6. The minimum atomic E-state index is 0.750. The lowest BCUT2D eigenvalue weighted by molar-refractivity contribution is -0.106. The van der Waals surface area contributed by atoms with Crippen LogP contribution in [0.1, 0.15) is 120 Å². The first-order chi connectivity index (χ1) is 22.8. The van der Waals surface area contributed by atoms with Crippen LogP contribution in [-0.4, -0.2) is 25.2 Å². The van der Waals surface area contributed by atoms with Crippen LogP contribution >= 0.6 is 11.6 Å². The highest BCUT2D eigenvalue weighted by atomic mass is 35.5. The van der Waals surface area contributed by atoms with E-state index in [1.165, 1.54) is 54.9 Å². The fourth-order valence-corrected chi connectivity index (χ4v) is 5.31. The molecule has 1 aromatic carbocycles. The zero-order valence-electron chi connectivity index (χ0n) is 32.4. The maximum absolute atomic E-state index is 8.81. The fourth-order valence-electron chi connectivity index (χ4n) is 4.83. The summed E-state index contributed by atoms with van der Waals surface area (Å²) in [5.74, 6) is 1.97. The second-order valence-corrected chi connectivity index (χ2v) is 11.9. The monoisotopic (exact) mass is 679 g/mol. The van der Waals surface area contributed by atoms with Gasteiger partial charge in [0.25, 0.3) is 0 Å². The molecule has 0 saturated carbocycles. The fraction of sp³-hybridized carbons (Fsp3) is 0.465. The number of carbonyl (C=O) groups is 2. The molecule has 0 unspecified atom stereocenters. The minimum absolute atomic E-state index is 0.750. The molecule has 0 N–H and O–H groups in total. The molecule has 0 atom stereocenters. The number of halogens is 1. The highest BCUT2D eigenvalue weighted by Gasteiger charge is 2.10. The number of methoxy groups -OCH3 is 1. The van der Waals surface area contributed by atoms with E-state index in [0.29, 0.717) is 0 Å². The molecule has 1 aromatic heterocycles. The van der Waals surface area contributed by atoms with Gasteiger partial charge in [0.1, 0.15) is 13.1 Å². The Labute approximate surface area is 299 Å². The average Bonchev–Trinajstić information content (AvgIpc) is 3.08. The largest absolute Gasteiger partial charge is 0.501 e. The molecule has 0 amide bonds. The maximum atomic E-state index is 8.81. The number of fused-ring (bicyclic) bond motifs is 1. The van der Waals surface area contributed by atoms with Crippen molar-refractivity contribution >= 4 is 35.6 Å². The molecule has 0 spiro atoms. The van der Waals surface area contributed by atoms with Crippen LogP contribution in [0.4, 0.5) is 0 Å². The van der Waals surface area contributed by atoms with E-state index < -0.39 is 0 Å². The van der Waals surface area contributed by atoms with E-state index in [4.69, 9.17) is 25.9 Å². The smallest absolute Gasteiger partial charge is 0.116 e. The van der Waals surface area contributed by atoms with Crippen LogP contribution in [0.3, 0.4) is 0 Å². The van der Waals surface area contributed by atoms with E-state index in [-0.39, 0.29) is 0 Å². The summed E-state index contributed by atoms with van der Waals surface area (Å²) >= 11 is 6.64. The molecule has 268 valence electrons. The van der Waals surface area contributed by atoms with Crippen molar-refractivity contribution in [1.29, 1.82) is 0 Å². The Morgan fingerprint density at radius 3 is 1.94 bits per heavy atom. The van der Waals surface area contributed by atoms with E-state index in [0.717, 1.165) is 69.9 Å². The molecule has 0 fully saturated rings. The number of allylic oxidation sites excluding steroid dienone is 10. The van der Waals surface area contributed by atoms with E-state index in [1.807, 2.05) is 44.2 Å². The van der Waals surface area contributed by atoms with E-state index in [9.17, 15) is 0 Å². The molecule has 0 bridgehead atoms. The summed E-state index contributed by atoms with van der Waals surface area (Å²) in [5, 5.41) is 2.02. The van der Waals surface area contributed by atoms with E-state index in [1.54, 1.807) is 7.11 Å². The highest BCUT2D eigenvalue weighted by molar-refractivity contribution is 6.32. The van der Waals surface area contributed by atoms with E-state index in [2.05, 4.69) is 98.7 Å². The number of nitrogens with zero attached hydrogens (tertiary/aromatic N) is 1. The number of aldehydes is 1. The topological polar surface area (TPSA) is 56.3 Å². The maximum Gasteiger partial charge on any atom is 0.116 e. The number of rotatable bonds is 13. The second kappa shape index (κ2) is 30.8. The molecule has 5 heteroatoms. The van der Waals surface area contributed by atoms with Gasteiger partial charge in [-0.05, 0) is 101 Å². The highest BCUT2D eigenvalue weighted by Crippen LogP contribution is 2.30. The third-order valence-corrected chi connectivity index (χ3v) is 8.27. The van der Waals surface area contributed by atoms with Crippen molar-refractivity contribution in [2.45, 2.75) is 121 Å². The molecule has 48 heavy (non-hydrogen) atoms. The molecule has 4 nitrogen and oxygen atoms in total. The van der Waals surface area contributed by atoms with E-state index >= 15 is 0 Å². The van der Waals surface area contributed by atoms with Gasteiger partial charge in [-0.1, -0.05) is 132 Å². The van der Waals surface area contributed by atoms with Gasteiger partial charge in [-0.25, -0.2) is 0 Å². The first-order valence-corrected chi connectivity index (χ1v) is 17.5. The van der Waals surface area contributed by atoms with Gasteiger partial charge in [-0.3, -0.25) is 4.98 Å². The molecule has 1 heterocycles. The van der Waals surface area contributed by atoms with Crippen LogP contribution in [0.5, 0.6) is 0 Å². The molecule has 0 saturated heterocycles. The quantitative estimate of drug-likeness (QED) is 0.120. The number of aromatic nitrogens is 1. The molecule has 0 aliphatic carbocycles. The summed E-state index contributed by atoms with van der Waals surface area (Å²) in [7, 11) is 1.68. The minimum Gasteiger partial charge on any atom is -0.501 e. The van der Waals surface area contributed by atoms with Crippen LogP contribution < -0.4 is 0 Å². The van der Waals surface area contributed by atoms with Gasteiger partial charge in [-0.2, -0.15) is 0 Å². The zero-order valence-corrected chi connectivity index (χ0v) is 33.2. The summed E-state index contributed by atoms with van der Waals surface area (Å²) in [6, 6.07) is 10.4. The normalized spacial score (nSPS) is 11.3. The molecular formula is C43H66ClNO3. The molecule has 2 rings (SSSR count). The van der Waals surface area contributed by atoms with Gasteiger partial charge >= 0.3 is 0 Å². The summed E-state index contributed by atoms with van der Waals surface area (Å²) in [6.07, 6.45) is 14.9. The van der Waals surface area contributed by atoms with Gasteiger partial charge in [0.2, 0.25) is 0 Å². The Kier molecular flexibility index (Phi) is 31.4. The summed E-state index contributed by atoms with van der Waals surface area (Å²) < 4.78 is 5.00. The number of hydrogen-bond donors (Lipinski definition) is 0. The van der Waals surface area contributed by atoms with Crippen LogP contribution in [0.15, 0.2) is 106 Å². The average molecular weight is 680 g/mol. The van der Waals surface area contributed by atoms with Gasteiger partial charge < -0.3 is 14.3 Å². The standard InChI is InChI=1S/C24H28ClN.C8H14O.C8H18.C2H4O.CH2O/c1-7-18(5)24(25)23(16(2)3)19(6)12-17(4)13-20-14-21-10-8-9-11-22(21)26-15-20;1-5-8(6-2)7(3)9-4;1-4-7-8(5-2)6-3;1-2-3;1-2/h8-12,14-15H,4,7,13H2,1-3,5-6H3;5H,1,6H2,2-4H3;8H,4-7H2,1-3H3;2H,1H3;1H2/b19-12-,24-18-;8-7+;;;. The van der Waals surface area contributed by atoms with Gasteiger partial charge in [0.15, 0.2) is 0 Å². The van der Waals surface area contributed by atoms with Crippen molar-refractivity contribution in [3.8, 4) is 0 Å². The van der Waals surface area contributed by atoms with Crippen LogP contribution in [-0.2, 0) is 20.7 Å². The van der Waals surface area contributed by atoms with Gasteiger partial charge in [0.05, 0.1) is 18.4 Å². The molecule has 0 aliphatic rings. The number of pyridine rings is 1. The Hall–Kier alpha value is -3.50. The lowest BCUT2D eigenvalue weighted by Gasteiger charge is -2.14. The van der Waals surface area contributed by atoms with Crippen molar-refractivity contribution in [1.82, 2.24) is 4.98 Å². The molecule has 2 aromatic rings. The number of carbonyl (C=O) groups excluding carboxylic acids is 2. The van der Waals surface area contributed by atoms with Gasteiger partial charge in [-0.15, -0.1) is 0 Å². The third-order valence-electron chi connectivity index (χ3n) is 7.76. The first kappa shape index (κ1) is 48.9. The molecule has 0 radical (unpaired) electrons. The lowest BCUT2D eigenvalue weighted by Crippen LogP contribution is -1.95. The van der Waals surface area contributed by atoms with Crippen LogP contribution in [0, 0.1) is 5.92 Å². The number of benzene rings is 1. The molecule has 0 aliphatic heterocycles. The zero-order chi connectivity index (χ0) is 37.7. The Bertz CT molecular complexity index is 1340. The summed E-state index contributed by atoms with van der Waals surface area (Å²) in [5.41, 5.74) is 9.13. The predicted molar refractivity (Wildman–Crippen MR) is 214 cm³/mol. The number of ether oxygens (including phenoxy) is 1. The Morgan fingerprint density at radius 2 is 1.54 bits per heavy atom. The SMILES string of the molecule is C=C(/C=C(/C)C(=C(C)C)/C(Cl)=C(\C)CC)Cc1cnc2ccccc2c1.C=C/C(CC)=C(/C)OC.C=O.CC=O.CCCC(CC)CC. The predicted octanol–water partition coefficient (Wildman–Crippen LogP) is 13.3. The third kappa shape index (κ3) is 20.7. The summed E-state index contributed by atoms with van der Waals surface area (Å²) in [6.45, 7) is 32.8.